The Balaban J connectivity index is 1.91. The number of hydrazine groups is 1. The highest BCUT2D eigenvalue weighted by Crippen LogP contribution is 2.12. The third kappa shape index (κ3) is 4.16. The largest absolute Gasteiger partial charge is 0.340 e. The van der Waals surface area contributed by atoms with E-state index in [-0.39, 0.29) is 0 Å². The number of urea groups is 1. The maximum absolute atomic E-state index is 13.4. The van der Waals surface area contributed by atoms with E-state index in [4.69, 9.17) is 11.6 Å². The Kier molecular flexibility index (Phi) is 4.90. The fraction of sp³-hybridized carbons (Fsp3) is 0. The molecule has 0 aliphatic rings. The van der Waals surface area contributed by atoms with Crippen LogP contribution in [0.5, 0.6) is 0 Å². The molecule has 3 amide bonds. The number of nitrogens with one attached hydrogen (secondary N) is 3. The first kappa shape index (κ1) is 15.7. The topological polar surface area (TPSA) is 70.2 Å². The summed E-state index contributed by atoms with van der Waals surface area (Å²) in [6.07, 6.45) is 0. The molecule has 0 aliphatic carbocycles. The number of amides is 3. The van der Waals surface area contributed by atoms with Crippen LogP contribution in [0.1, 0.15) is 10.4 Å². The van der Waals surface area contributed by atoms with E-state index in [1.54, 1.807) is 24.3 Å². The van der Waals surface area contributed by atoms with E-state index in [1.807, 2.05) is 5.32 Å². The van der Waals surface area contributed by atoms with Crippen molar-refractivity contribution in [2.24, 2.45) is 0 Å². The van der Waals surface area contributed by atoms with Crippen molar-refractivity contribution < 1.29 is 18.4 Å². The fourth-order valence-corrected chi connectivity index (χ4v) is 1.66. The van der Waals surface area contributed by atoms with Gasteiger partial charge in [-0.05, 0) is 36.4 Å². The molecule has 0 unspecified atom stereocenters. The molecule has 2 aromatic rings. The van der Waals surface area contributed by atoms with Crippen molar-refractivity contribution in [1.29, 1.82) is 0 Å². The zero-order chi connectivity index (χ0) is 16.1. The van der Waals surface area contributed by atoms with Gasteiger partial charge in [0.1, 0.15) is 11.6 Å². The summed E-state index contributed by atoms with van der Waals surface area (Å²) in [5.74, 6) is -2.87. The molecule has 22 heavy (non-hydrogen) atoms. The summed E-state index contributed by atoms with van der Waals surface area (Å²) in [6, 6.07) is 7.92. The molecule has 0 fully saturated rings. The van der Waals surface area contributed by atoms with Gasteiger partial charge in [0.25, 0.3) is 5.91 Å². The normalized spacial score (nSPS) is 9.95. The van der Waals surface area contributed by atoms with Crippen LogP contribution in [0.4, 0.5) is 19.3 Å². The molecular formula is C14H10ClF2N3O2. The van der Waals surface area contributed by atoms with Gasteiger partial charge in [-0.1, -0.05) is 11.6 Å². The van der Waals surface area contributed by atoms with Crippen LogP contribution in [0.15, 0.2) is 42.5 Å². The monoisotopic (exact) mass is 325 g/mol. The zero-order valence-electron chi connectivity index (χ0n) is 11.0. The van der Waals surface area contributed by atoms with Gasteiger partial charge in [0.15, 0.2) is 0 Å². The number of imide groups is 1. The highest BCUT2D eigenvalue weighted by Gasteiger charge is 2.15. The number of hydrogen-bond donors (Lipinski definition) is 3. The smallest absolute Gasteiger partial charge is 0.297 e. The van der Waals surface area contributed by atoms with Crippen molar-refractivity contribution in [3.63, 3.8) is 0 Å². The standard InChI is InChI=1S/C14H10ClF2N3O2/c15-8-1-4-10(5-2-8)19-20-14(22)18-13(21)11-6-3-9(16)7-12(11)17/h1-7,19H,(H2,18,20,21,22). The number of carbonyl (C=O) groups is 2. The van der Waals surface area contributed by atoms with Crippen LogP contribution < -0.4 is 16.2 Å². The fourth-order valence-electron chi connectivity index (χ4n) is 1.54. The van der Waals surface area contributed by atoms with Gasteiger partial charge < -0.3 is 0 Å². The lowest BCUT2D eigenvalue weighted by atomic mass is 10.2. The molecule has 0 saturated heterocycles. The lowest BCUT2D eigenvalue weighted by Gasteiger charge is -2.09. The number of halogens is 3. The van der Waals surface area contributed by atoms with Crippen molar-refractivity contribution in [3.05, 3.63) is 64.7 Å². The SMILES string of the molecule is O=C(NNc1ccc(Cl)cc1)NC(=O)c1ccc(F)cc1F. The van der Waals surface area contributed by atoms with Crippen molar-refractivity contribution in [3.8, 4) is 0 Å². The molecule has 8 heteroatoms. The predicted molar refractivity (Wildman–Crippen MR) is 77.4 cm³/mol. The first-order chi connectivity index (χ1) is 10.5. The van der Waals surface area contributed by atoms with Crippen molar-refractivity contribution >= 4 is 29.2 Å². The molecule has 114 valence electrons. The molecule has 0 radical (unpaired) electrons. The number of benzene rings is 2. The highest BCUT2D eigenvalue weighted by atomic mass is 35.5. The van der Waals surface area contributed by atoms with Crippen molar-refractivity contribution in [1.82, 2.24) is 10.7 Å². The second-order valence-electron chi connectivity index (χ2n) is 4.16. The van der Waals surface area contributed by atoms with Gasteiger partial charge in [-0.3, -0.25) is 21.0 Å². The Morgan fingerprint density at radius 3 is 2.32 bits per heavy atom. The molecule has 3 N–H and O–H groups in total. The summed E-state index contributed by atoms with van der Waals surface area (Å²) in [4.78, 5) is 23.2. The summed E-state index contributed by atoms with van der Waals surface area (Å²) in [5.41, 5.74) is 4.80. The van der Waals surface area contributed by atoms with Gasteiger partial charge in [-0.15, -0.1) is 0 Å². The number of carbonyl (C=O) groups excluding carboxylic acids is 2. The Bertz CT molecular complexity index is 708. The van der Waals surface area contributed by atoms with Crippen molar-refractivity contribution in [2.75, 3.05) is 5.43 Å². The molecule has 0 aromatic heterocycles. The summed E-state index contributed by atoms with van der Waals surface area (Å²) in [5, 5.41) is 2.42. The van der Waals surface area contributed by atoms with Crippen LogP contribution in [-0.4, -0.2) is 11.9 Å². The molecule has 0 bridgehead atoms. The molecular weight excluding hydrogens is 316 g/mol. The van der Waals surface area contributed by atoms with Crippen LogP contribution in [-0.2, 0) is 0 Å². The average Bonchev–Trinajstić information content (AvgIpc) is 2.46. The highest BCUT2D eigenvalue weighted by molar-refractivity contribution is 6.30. The lowest BCUT2D eigenvalue weighted by Crippen LogP contribution is -2.42. The van der Waals surface area contributed by atoms with Gasteiger partial charge in [0.2, 0.25) is 0 Å². The summed E-state index contributed by atoms with van der Waals surface area (Å²) >= 11 is 5.70. The quantitative estimate of drug-likeness (QED) is 0.759. The van der Waals surface area contributed by atoms with E-state index in [9.17, 15) is 18.4 Å². The Hall–Kier alpha value is -2.67. The van der Waals surface area contributed by atoms with E-state index < -0.39 is 29.1 Å². The Morgan fingerprint density at radius 2 is 1.68 bits per heavy atom. The van der Waals surface area contributed by atoms with Gasteiger partial charge >= 0.3 is 6.03 Å². The van der Waals surface area contributed by atoms with Crippen LogP contribution in [0.2, 0.25) is 5.02 Å². The van der Waals surface area contributed by atoms with Gasteiger partial charge in [-0.25, -0.2) is 13.6 Å². The Morgan fingerprint density at radius 1 is 1.00 bits per heavy atom. The second-order valence-corrected chi connectivity index (χ2v) is 4.60. The summed E-state index contributed by atoms with van der Waals surface area (Å²) < 4.78 is 26.1. The van der Waals surface area contributed by atoms with E-state index in [0.29, 0.717) is 16.8 Å². The van der Waals surface area contributed by atoms with Crippen LogP contribution in [0.3, 0.4) is 0 Å². The summed E-state index contributed by atoms with van der Waals surface area (Å²) in [6.45, 7) is 0. The molecule has 0 aliphatic heterocycles. The van der Waals surface area contributed by atoms with Gasteiger partial charge in [0, 0.05) is 11.1 Å². The van der Waals surface area contributed by atoms with E-state index in [2.05, 4.69) is 10.9 Å². The minimum Gasteiger partial charge on any atom is -0.297 e. The van der Waals surface area contributed by atoms with Crippen LogP contribution in [0, 0.1) is 11.6 Å². The van der Waals surface area contributed by atoms with Gasteiger partial charge in [-0.2, -0.15) is 0 Å². The molecule has 0 atom stereocenters. The maximum atomic E-state index is 13.4. The van der Waals surface area contributed by atoms with E-state index >= 15 is 0 Å². The van der Waals surface area contributed by atoms with Crippen molar-refractivity contribution in [2.45, 2.75) is 0 Å². The third-order valence-electron chi connectivity index (χ3n) is 2.57. The molecule has 0 saturated carbocycles. The van der Waals surface area contributed by atoms with Crippen LogP contribution in [0.25, 0.3) is 0 Å². The first-order valence-electron chi connectivity index (χ1n) is 6.03. The van der Waals surface area contributed by atoms with E-state index in [1.165, 1.54) is 0 Å². The molecule has 5 nitrogen and oxygen atoms in total. The number of anilines is 1. The average molecular weight is 326 g/mol. The molecule has 0 heterocycles. The molecule has 2 aromatic carbocycles. The molecule has 2 rings (SSSR count). The third-order valence-corrected chi connectivity index (χ3v) is 2.82. The van der Waals surface area contributed by atoms with E-state index in [0.717, 1.165) is 12.1 Å². The minimum absolute atomic E-state index is 0.442. The number of rotatable bonds is 3. The van der Waals surface area contributed by atoms with Gasteiger partial charge in [0.05, 0.1) is 11.3 Å². The minimum atomic E-state index is -1.06. The lowest BCUT2D eigenvalue weighted by molar-refractivity contribution is 0.0960. The molecule has 0 spiro atoms. The number of hydrogen-bond acceptors (Lipinski definition) is 3. The Labute approximate surface area is 129 Å². The van der Waals surface area contributed by atoms with Crippen LogP contribution >= 0.6 is 11.6 Å². The predicted octanol–water partition coefficient (Wildman–Crippen LogP) is 3.08. The second kappa shape index (κ2) is 6.86. The summed E-state index contributed by atoms with van der Waals surface area (Å²) in [7, 11) is 0. The maximum Gasteiger partial charge on any atom is 0.340 e. The zero-order valence-corrected chi connectivity index (χ0v) is 11.7. The first-order valence-corrected chi connectivity index (χ1v) is 6.41.